The molecule has 0 bridgehead atoms. The van der Waals surface area contributed by atoms with Crippen LogP contribution in [0.5, 0.6) is 5.75 Å². The molecule has 5 nitrogen and oxygen atoms in total. The molecular weight excluding hydrogens is 395 g/mol. The maximum absolute atomic E-state index is 12.8. The Labute approximate surface area is 160 Å². The molecule has 150 valence electrons. The lowest BCUT2D eigenvalue weighted by Crippen LogP contribution is -2.23. The number of carbonyl (C=O) groups excluding carboxylic acids is 1. The Morgan fingerprint density at radius 1 is 1.21 bits per heavy atom. The second-order valence-corrected chi connectivity index (χ2v) is 8.44. The number of aryl methyl sites for hydroxylation is 1. The summed E-state index contributed by atoms with van der Waals surface area (Å²) >= 11 is 0. The molecule has 1 unspecified atom stereocenters. The molecule has 0 spiro atoms. The molecule has 3 rings (SSSR count). The first kappa shape index (κ1) is 20.2. The number of rotatable bonds is 5. The van der Waals surface area contributed by atoms with Crippen molar-refractivity contribution in [3.8, 4) is 5.75 Å². The average molecular weight is 413 g/mol. The zero-order valence-electron chi connectivity index (χ0n) is 14.9. The number of fused-ring (bicyclic) bond motifs is 1. The highest BCUT2D eigenvalue weighted by Crippen LogP contribution is 2.37. The molecule has 28 heavy (non-hydrogen) atoms. The maximum Gasteiger partial charge on any atom is 0.501 e. The van der Waals surface area contributed by atoms with E-state index >= 15 is 0 Å². The Hall–Kier alpha value is -2.55. The third-order valence-electron chi connectivity index (χ3n) is 4.75. The third-order valence-corrected chi connectivity index (χ3v) is 6.23. The van der Waals surface area contributed by atoms with Gasteiger partial charge in [-0.2, -0.15) is 13.2 Å². The second-order valence-electron chi connectivity index (χ2n) is 6.50. The molecule has 1 aliphatic rings. The number of anilines is 1. The number of halogens is 3. The highest BCUT2D eigenvalue weighted by atomic mass is 32.2. The molecule has 0 saturated heterocycles. The fourth-order valence-electron chi connectivity index (χ4n) is 3.37. The van der Waals surface area contributed by atoms with E-state index in [1.54, 1.807) is 0 Å². The van der Waals surface area contributed by atoms with Crippen LogP contribution in [0.15, 0.2) is 47.4 Å². The first-order valence-corrected chi connectivity index (χ1v) is 9.99. The van der Waals surface area contributed by atoms with Crippen molar-refractivity contribution in [1.82, 2.24) is 0 Å². The summed E-state index contributed by atoms with van der Waals surface area (Å²) in [5, 5.41) is 2.49. The number of sulfone groups is 1. The van der Waals surface area contributed by atoms with E-state index in [1.165, 1.54) is 12.7 Å². The van der Waals surface area contributed by atoms with Crippen LogP contribution in [0.1, 0.15) is 29.9 Å². The van der Waals surface area contributed by atoms with Gasteiger partial charge >= 0.3 is 5.51 Å². The van der Waals surface area contributed by atoms with Crippen LogP contribution in [0.3, 0.4) is 0 Å². The fourth-order valence-corrected chi connectivity index (χ4v) is 4.16. The van der Waals surface area contributed by atoms with Gasteiger partial charge in [-0.25, -0.2) is 8.42 Å². The van der Waals surface area contributed by atoms with Crippen molar-refractivity contribution in [2.24, 2.45) is 0 Å². The van der Waals surface area contributed by atoms with Gasteiger partial charge in [0, 0.05) is 6.42 Å². The molecule has 1 atom stereocenters. The number of carbonyl (C=O) groups is 1. The number of methoxy groups -OCH3 is 1. The zero-order chi connectivity index (χ0) is 20.5. The van der Waals surface area contributed by atoms with Crippen LogP contribution in [0.25, 0.3) is 0 Å². The lowest BCUT2D eigenvalue weighted by Gasteiger charge is -2.15. The summed E-state index contributed by atoms with van der Waals surface area (Å²) in [6.45, 7) is 0. The highest BCUT2D eigenvalue weighted by Gasteiger charge is 2.47. The van der Waals surface area contributed by atoms with Gasteiger partial charge in [-0.3, -0.25) is 4.79 Å². The number of ether oxygens (including phenoxy) is 1. The van der Waals surface area contributed by atoms with Crippen LogP contribution in [0, 0.1) is 0 Å². The molecule has 2 aromatic rings. The third kappa shape index (κ3) is 3.84. The van der Waals surface area contributed by atoms with E-state index in [2.05, 4.69) is 5.32 Å². The van der Waals surface area contributed by atoms with E-state index in [0.29, 0.717) is 0 Å². The molecule has 0 fully saturated rings. The number of amides is 1. The molecule has 0 aromatic heterocycles. The smallest absolute Gasteiger partial charge is 0.495 e. The van der Waals surface area contributed by atoms with Crippen LogP contribution in [-0.4, -0.2) is 26.9 Å². The summed E-state index contributed by atoms with van der Waals surface area (Å²) < 4.78 is 66.7. The van der Waals surface area contributed by atoms with Crippen LogP contribution >= 0.6 is 0 Å². The van der Waals surface area contributed by atoms with E-state index in [-0.39, 0.29) is 23.8 Å². The first-order valence-electron chi connectivity index (χ1n) is 8.50. The predicted octanol–water partition coefficient (Wildman–Crippen LogP) is 4.05. The van der Waals surface area contributed by atoms with Crippen LogP contribution in [0.4, 0.5) is 18.9 Å². The quantitative estimate of drug-likeness (QED) is 0.803. The second kappa shape index (κ2) is 7.46. The molecule has 0 aliphatic heterocycles. The first-order chi connectivity index (χ1) is 13.1. The van der Waals surface area contributed by atoms with Crippen LogP contribution in [0.2, 0.25) is 0 Å². The molecule has 1 N–H and O–H groups in total. The summed E-state index contributed by atoms with van der Waals surface area (Å²) in [5.74, 6) is -0.354. The summed E-state index contributed by atoms with van der Waals surface area (Å²) in [6, 6.07) is 10.4. The zero-order valence-corrected chi connectivity index (χ0v) is 15.7. The molecular formula is C19H18F3NO4S. The largest absolute Gasteiger partial charge is 0.501 e. The van der Waals surface area contributed by atoms with Crippen molar-refractivity contribution >= 4 is 21.4 Å². The Morgan fingerprint density at radius 3 is 2.61 bits per heavy atom. The summed E-state index contributed by atoms with van der Waals surface area (Å²) in [7, 11) is -4.25. The van der Waals surface area contributed by atoms with Gasteiger partial charge in [-0.1, -0.05) is 24.3 Å². The standard InChI is InChI=1S/C19H18F3NO4S/c1-27-17-9-8-14(28(25,26)19(20,21)22)11-16(17)23-18(24)10-13-7-6-12-4-2-3-5-15(12)13/h2-5,8-9,11,13H,6-7,10H2,1H3,(H,23,24). The van der Waals surface area contributed by atoms with E-state index in [4.69, 9.17) is 4.74 Å². The summed E-state index contributed by atoms with van der Waals surface area (Å²) in [6.07, 6.45) is 1.79. The molecule has 1 amide bonds. The van der Waals surface area contributed by atoms with Crippen molar-refractivity contribution in [1.29, 1.82) is 0 Å². The molecule has 0 radical (unpaired) electrons. The minimum atomic E-state index is -5.53. The van der Waals surface area contributed by atoms with Gasteiger partial charge in [0.1, 0.15) is 5.75 Å². The van der Waals surface area contributed by atoms with E-state index < -0.39 is 26.1 Å². The molecule has 1 aliphatic carbocycles. The average Bonchev–Trinajstić information content (AvgIpc) is 3.03. The van der Waals surface area contributed by atoms with Crippen molar-refractivity contribution in [3.05, 3.63) is 53.6 Å². The molecule has 2 aromatic carbocycles. The molecule has 0 saturated carbocycles. The topological polar surface area (TPSA) is 72.5 Å². The van der Waals surface area contributed by atoms with E-state index in [0.717, 1.165) is 36.6 Å². The maximum atomic E-state index is 12.8. The van der Waals surface area contributed by atoms with Gasteiger partial charge in [-0.15, -0.1) is 0 Å². The number of hydrogen-bond donors (Lipinski definition) is 1. The lowest BCUT2D eigenvalue weighted by molar-refractivity contribution is -0.116. The monoisotopic (exact) mass is 413 g/mol. The van der Waals surface area contributed by atoms with Gasteiger partial charge in [0.15, 0.2) is 0 Å². The number of nitrogens with one attached hydrogen (secondary N) is 1. The Morgan fingerprint density at radius 2 is 1.93 bits per heavy atom. The Kier molecular flexibility index (Phi) is 5.38. The van der Waals surface area contributed by atoms with E-state index in [1.807, 2.05) is 24.3 Å². The van der Waals surface area contributed by atoms with E-state index in [9.17, 15) is 26.4 Å². The van der Waals surface area contributed by atoms with Gasteiger partial charge in [0.25, 0.3) is 9.84 Å². The molecule has 9 heteroatoms. The fraction of sp³-hybridized carbons (Fsp3) is 0.316. The minimum absolute atomic E-state index is 0.00397. The Bertz CT molecular complexity index is 1000. The predicted molar refractivity (Wildman–Crippen MR) is 97.0 cm³/mol. The van der Waals surface area contributed by atoms with Gasteiger partial charge < -0.3 is 10.1 Å². The van der Waals surface area contributed by atoms with Crippen molar-refractivity contribution in [2.45, 2.75) is 35.6 Å². The van der Waals surface area contributed by atoms with Gasteiger partial charge in [0.05, 0.1) is 17.7 Å². The van der Waals surface area contributed by atoms with Gasteiger partial charge in [-0.05, 0) is 48.1 Å². The van der Waals surface area contributed by atoms with Gasteiger partial charge in [0.2, 0.25) is 5.91 Å². The summed E-state index contributed by atoms with van der Waals surface area (Å²) in [5.41, 5.74) is -3.30. The molecule has 0 heterocycles. The van der Waals surface area contributed by atoms with Crippen LogP contribution < -0.4 is 10.1 Å². The SMILES string of the molecule is COc1ccc(S(=O)(=O)C(F)(F)F)cc1NC(=O)CC1CCc2ccccc21. The van der Waals surface area contributed by atoms with Crippen molar-refractivity contribution in [3.63, 3.8) is 0 Å². The van der Waals surface area contributed by atoms with Crippen LogP contribution in [-0.2, 0) is 21.1 Å². The minimum Gasteiger partial charge on any atom is -0.495 e. The number of hydrogen-bond acceptors (Lipinski definition) is 4. The number of alkyl halides is 3. The van der Waals surface area contributed by atoms with Crippen molar-refractivity contribution in [2.75, 3.05) is 12.4 Å². The Balaban J connectivity index is 1.82. The highest BCUT2D eigenvalue weighted by molar-refractivity contribution is 7.92. The lowest BCUT2D eigenvalue weighted by atomic mass is 9.97. The van der Waals surface area contributed by atoms with Crippen molar-refractivity contribution < 1.29 is 31.1 Å². The summed E-state index contributed by atoms with van der Waals surface area (Å²) in [4.78, 5) is 11.5. The number of benzene rings is 2. The normalized spacial score (nSPS) is 16.5.